The van der Waals surface area contributed by atoms with Crippen LogP contribution in [0.4, 0.5) is 4.39 Å². The van der Waals surface area contributed by atoms with Crippen molar-refractivity contribution in [3.8, 4) is 0 Å². The van der Waals surface area contributed by atoms with Gasteiger partial charge >= 0.3 is 11.8 Å². The lowest BCUT2D eigenvalue weighted by atomic mass is 9.64. The second-order valence-electron chi connectivity index (χ2n) is 7.85. The van der Waals surface area contributed by atoms with Gasteiger partial charge < -0.3 is 15.4 Å². The summed E-state index contributed by atoms with van der Waals surface area (Å²) in [6.07, 6.45) is 3.74. The van der Waals surface area contributed by atoms with Crippen LogP contribution in [0, 0.1) is 10.8 Å². The summed E-state index contributed by atoms with van der Waals surface area (Å²) < 4.78 is 19.1. The molecule has 1 aliphatic heterocycles. The first kappa shape index (κ1) is 17.0. The molecule has 0 aromatic heterocycles. The Morgan fingerprint density at radius 2 is 1.96 bits per heavy atom. The fourth-order valence-corrected chi connectivity index (χ4v) is 4.31. The molecule has 3 rings (SSSR count). The largest absolute Gasteiger partial charge is 0.378 e. The molecule has 23 heavy (non-hydrogen) atoms. The minimum Gasteiger partial charge on any atom is -0.378 e. The van der Waals surface area contributed by atoms with Crippen LogP contribution < -0.4 is 10.6 Å². The number of halogens is 2. The molecule has 3 aliphatic rings. The van der Waals surface area contributed by atoms with E-state index in [0.29, 0.717) is 6.42 Å². The molecule has 1 saturated heterocycles. The third-order valence-corrected chi connectivity index (χ3v) is 6.22. The Bertz CT molecular complexity index is 521. The van der Waals surface area contributed by atoms with E-state index in [-0.39, 0.29) is 30.5 Å². The molecule has 3 unspecified atom stereocenters. The van der Waals surface area contributed by atoms with Gasteiger partial charge in [-0.3, -0.25) is 9.59 Å². The molecular formula is C16H24ClFN2O3. The maximum atomic E-state index is 13.5. The van der Waals surface area contributed by atoms with Crippen molar-refractivity contribution in [3.63, 3.8) is 0 Å². The van der Waals surface area contributed by atoms with E-state index in [1.54, 1.807) is 6.92 Å². The standard InChI is InChI=1S/C16H24ClFN2O3/c1-10-5-15(9-23-10)6-11(7-15)20-13(22)12(21)19-4-3-14(2)8-16(14,17)18/h10-11H,3-9H2,1-2H3,(H,19,21)(H,20,22). The van der Waals surface area contributed by atoms with Gasteiger partial charge in [-0.05, 0) is 32.6 Å². The second-order valence-corrected chi connectivity index (χ2v) is 8.45. The number of nitrogens with one attached hydrogen (secondary N) is 2. The Morgan fingerprint density at radius 1 is 1.30 bits per heavy atom. The first-order valence-corrected chi connectivity index (χ1v) is 8.61. The summed E-state index contributed by atoms with van der Waals surface area (Å²) in [6.45, 7) is 4.79. The smallest absolute Gasteiger partial charge is 0.309 e. The van der Waals surface area contributed by atoms with E-state index in [4.69, 9.17) is 16.3 Å². The summed E-state index contributed by atoms with van der Waals surface area (Å²) in [5, 5.41) is 3.63. The highest BCUT2D eigenvalue weighted by atomic mass is 35.5. The van der Waals surface area contributed by atoms with E-state index < -0.39 is 22.4 Å². The molecule has 0 bridgehead atoms. The van der Waals surface area contributed by atoms with Gasteiger partial charge in [0, 0.05) is 29.8 Å². The Hall–Kier alpha value is -0.880. The van der Waals surface area contributed by atoms with Gasteiger partial charge in [-0.25, -0.2) is 4.39 Å². The van der Waals surface area contributed by atoms with Gasteiger partial charge in [-0.2, -0.15) is 0 Å². The zero-order valence-electron chi connectivity index (χ0n) is 13.6. The van der Waals surface area contributed by atoms with Crippen LogP contribution in [0.3, 0.4) is 0 Å². The van der Waals surface area contributed by atoms with Gasteiger partial charge in [-0.15, -0.1) is 0 Å². The predicted molar refractivity (Wildman–Crippen MR) is 83.7 cm³/mol. The van der Waals surface area contributed by atoms with Gasteiger partial charge in [0.05, 0.1) is 12.7 Å². The van der Waals surface area contributed by atoms with E-state index in [2.05, 4.69) is 17.6 Å². The Balaban J connectivity index is 1.34. The topological polar surface area (TPSA) is 67.4 Å². The highest BCUT2D eigenvalue weighted by Crippen LogP contribution is 2.63. The quantitative estimate of drug-likeness (QED) is 0.603. The molecule has 1 spiro atoms. The van der Waals surface area contributed by atoms with E-state index in [9.17, 15) is 14.0 Å². The number of amides is 2. The van der Waals surface area contributed by atoms with Crippen LogP contribution in [0.2, 0.25) is 0 Å². The molecule has 2 saturated carbocycles. The number of carbonyl (C=O) groups excluding carboxylic acids is 2. The van der Waals surface area contributed by atoms with Crippen molar-refractivity contribution in [3.05, 3.63) is 0 Å². The first-order valence-electron chi connectivity index (χ1n) is 8.23. The summed E-state index contributed by atoms with van der Waals surface area (Å²) in [7, 11) is 0. The highest BCUT2D eigenvalue weighted by Gasteiger charge is 2.64. The van der Waals surface area contributed by atoms with Crippen LogP contribution in [-0.2, 0) is 14.3 Å². The van der Waals surface area contributed by atoms with Crippen molar-refractivity contribution < 1.29 is 18.7 Å². The summed E-state index contributed by atoms with van der Waals surface area (Å²) >= 11 is 5.62. The van der Waals surface area contributed by atoms with Crippen molar-refractivity contribution in [2.24, 2.45) is 10.8 Å². The molecule has 130 valence electrons. The van der Waals surface area contributed by atoms with Crippen LogP contribution >= 0.6 is 11.6 Å². The van der Waals surface area contributed by atoms with E-state index in [1.807, 2.05) is 0 Å². The van der Waals surface area contributed by atoms with Crippen LogP contribution in [0.1, 0.15) is 46.0 Å². The lowest BCUT2D eigenvalue weighted by molar-refractivity contribution is -0.140. The summed E-state index contributed by atoms with van der Waals surface area (Å²) in [6, 6.07) is 0.0458. The molecule has 3 atom stereocenters. The van der Waals surface area contributed by atoms with Crippen molar-refractivity contribution in [2.75, 3.05) is 13.2 Å². The van der Waals surface area contributed by atoms with Gasteiger partial charge in [0.1, 0.15) is 0 Å². The lowest BCUT2D eigenvalue weighted by Gasteiger charge is -2.44. The van der Waals surface area contributed by atoms with Crippen molar-refractivity contribution in [2.45, 2.75) is 63.2 Å². The molecule has 2 N–H and O–H groups in total. The average molecular weight is 347 g/mol. The van der Waals surface area contributed by atoms with Crippen LogP contribution in [0.25, 0.3) is 0 Å². The average Bonchev–Trinajstić information content (AvgIpc) is 2.75. The maximum Gasteiger partial charge on any atom is 0.309 e. The molecule has 0 radical (unpaired) electrons. The zero-order chi connectivity index (χ0) is 16.9. The van der Waals surface area contributed by atoms with Crippen molar-refractivity contribution >= 4 is 23.4 Å². The van der Waals surface area contributed by atoms with E-state index in [1.165, 1.54) is 0 Å². The number of hydrogen-bond donors (Lipinski definition) is 2. The van der Waals surface area contributed by atoms with Crippen molar-refractivity contribution in [1.82, 2.24) is 10.6 Å². The normalized spacial score (nSPS) is 44.7. The molecule has 5 nitrogen and oxygen atoms in total. The van der Waals surface area contributed by atoms with E-state index in [0.717, 1.165) is 25.9 Å². The van der Waals surface area contributed by atoms with E-state index >= 15 is 0 Å². The van der Waals surface area contributed by atoms with Crippen molar-refractivity contribution in [1.29, 1.82) is 0 Å². The molecule has 0 aromatic carbocycles. The third kappa shape index (κ3) is 3.33. The fourth-order valence-electron chi connectivity index (χ4n) is 3.92. The van der Waals surface area contributed by atoms with Crippen LogP contribution in [0.15, 0.2) is 0 Å². The number of hydrogen-bond acceptors (Lipinski definition) is 3. The first-order chi connectivity index (χ1) is 10.6. The number of ether oxygens (including phenoxy) is 1. The Kier molecular flexibility index (Phi) is 4.12. The molecule has 7 heteroatoms. The summed E-state index contributed by atoms with van der Waals surface area (Å²) in [4.78, 5) is 23.6. The fraction of sp³-hybridized carbons (Fsp3) is 0.875. The third-order valence-electron chi connectivity index (χ3n) is 5.63. The van der Waals surface area contributed by atoms with Gasteiger partial charge in [-0.1, -0.05) is 18.5 Å². The van der Waals surface area contributed by atoms with Gasteiger partial charge in [0.15, 0.2) is 5.13 Å². The SMILES string of the molecule is CC1CC2(CO1)CC(NC(=O)C(=O)NCCC1(C)CC1(F)Cl)C2. The predicted octanol–water partition coefficient (Wildman–Crippen LogP) is 1.88. The maximum absolute atomic E-state index is 13.5. The monoisotopic (exact) mass is 346 g/mol. The second kappa shape index (κ2) is 5.59. The molecule has 1 heterocycles. The molecule has 2 amide bonds. The Labute approximate surface area is 140 Å². The zero-order valence-corrected chi connectivity index (χ0v) is 14.3. The number of carbonyl (C=O) groups is 2. The van der Waals surface area contributed by atoms with Gasteiger partial charge in [0.2, 0.25) is 0 Å². The van der Waals surface area contributed by atoms with Gasteiger partial charge in [0.25, 0.3) is 0 Å². The molecule has 0 aromatic rings. The number of alkyl halides is 2. The summed E-state index contributed by atoms with van der Waals surface area (Å²) in [5.41, 5.74) is -0.406. The highest BCUT2D eigenvalue weighted by molar-refractivity contribution is 6.35. The Morgan fingerprint density at radius 3 is 2.48 bits per heavy atom. The lowest BCUT2D eigenvalue weighted by Crippen LogP contribution is -2.54. The molecule has 3 fully saturated rings. The van der Waals surface area contributed by atoms with Crippen LogP contribution in [0.5, 0.6) is 0 Å². The van der Waals surface area contributed by atoms with Crippen LogP contribution in [-0.4, -0.2) is 42.2 Å². The molecule has 2 aliphatic carbocycles. The minimum atomic E-state index is -1.67. The minimum absolute atomic E-state index is 0.0458. The number of rotatable bonds is 4. The summed E-state index contributed by atoms with van der Waals surface area (Å²) in [5.74, 6) is -1.28. The molecular weight excluding hydrogens is 323 g/mol.